The first-order valence-corrected chi connectivity index (χ1v) is 20.6. The molecule has 0 aromatic heterocycles. The van der Waals surface area contributed by atoms with Gasteiger partial charge in [-0.05, 0) is 141 Å². The topological polar surface area (TPSA) is 0 Å². The summed E-state index contributed by atoms with van der Waals surface area (Å²) in [5, 5.41) is 7.60. The van der Waals surface area contributed by atoms with E-state index in [9.17, 15) is 0 Å². The van der Waals surface area contributed by atoms with Gasteiger partial charge in [0, 0.05) is 5.41 Å². The summed E-state index contributed by atoms with van der Waals surface area (Å²) in [6.45, 7) is 4.76. The van der Waals surface area contributed by atoms with Crippen molar-refractivity contribution in [3.05, 3.63) is 217 Å². The Bertz CT molecular complexity index is 3090. The van der Waals surface area contributed by atoms with E-state index in [2.05, 4.69) is 220 Å². The lowest BCUT2D eigenvalue weighted by Gasteiger charge is -2.26. The highest BCUT2D eigenvalue weighted by atomic mass is 14.4. The Kier molecular flexibility index (Phi) is 8.02. The van der Waals surface area contributed by atoms with Crippen LogP contribution in [0.5, 0.6) is 0 Å². The van der Waals surface area contributed by atoms with Gasteiger partial charge in [0.1, 0.15) is 0 Å². The maximum Gasteiger partial charge on any atom is 0.0184 e. The lowest BCUT2D eigenvalue weighted by Crippen LogP contribution is -2.19. The average molecular weight is 739 g/mol. The number of benzene rings is 10. The summed E-state index contributed by atoms with van der Waals surface area (Å²) in [5.74, 6) is 0. The van der Waals surface area contributed by atoms with E-state index < -0.39 is 0 Å². The largest absolute Gasteiger partial charge is 0.0642 e. The molecule has 0 nitrogen and oxygen atoms in total. The fourth-order valence-electron chi connectivity index (χ4n) is 9.99. The summed E-state index contributed by atoms with van der Waals surface area (Å²) in [4.78, 5) is 0. The van der Waals surface area contributed by atoms with E-state index in [1.807, 2.05) is 0 Å². The van der Waals surface area contributed by atoms with Gasteiger partial charge in [0.25, 0.3) is 0 Å². The number of rotatable bonds is 6. The predicted octanol–water partition coefficient (Wildman–Crippen LogP) is 16.2. The summed E-state index contributed by atoms with van der Waals surface area (Å²) in [6, 6.07) is 76.7. The van der Waals surface area contributed by atoms with Crippen LogP contribution in [0.4, 0.5) is 0 Å². The monoisotopic (exact) mass is 738 g/mol. The smallest absolute Gasteiger partial charge is 0.0184 e. The van der Waals surface area contributed by atoms with Crippen LogP contribution in [0.1, 0.15) is 31.4 Å². The van der Waals surface area contributed by atoms with Gasteiger partial charge in [-0.1, -0.05) is 196 Å². The molecule has 10 aromatic carbocycles. The van der Waals surface area contributed by atoms with Crippen LogP contribution in [0.3, 0.4) is 0 Å². The molecular formula is C58H42. The van der Waals surface area contributed by atoms with Crippen molar-refractivity contribution in [2.45, 2.75) is 25.7 Å². The molecular weight excluding hydrogens is 697 g/mol. The van der Waals surface area contributed by atoms with E-state index in [1.54, 1.807) is 0 Å². The van der Waals surface area contributed by atoms with E-state index in [4.69, 9.17) is 0 Å². The number of hydrogen-bond donors (Lipinski definition) is 0. The zero-order valence-corrected chi connectivity index (χ0v) is 32.8. The fourth-order valence-corrected chi connectivity index (χ4v) is 9.99. The molecule has 1 aliphatic carbocycles. The van der Waals surface area contributed by atoms with E-state index in [0.717, 1.165) is 6.42 Å². The van der Waals surface area contributed by atoms with Gasteiger partial charge in [0.2, 0.25) is 0 Å². The highest BCUT2D eigenvalue weighted by Gasteiger charge is 2.38. The molecule has 0 fully saturated rings. The van der Waals surface area contributed by atoms with Gasteiger partial charge in [-0.25, -0.2) is 0 Å². The maximum absolute atomic E-state index is 2.50. The van der Waals surface area contributed by atoms with Crippen molar-refractivity contribution in [3.8, 4) is 66.8 Å². The third-order valence-electron chi connectivity index (χ3n) is 13.0. The molecule has 0 saturated carbocycles. The fraction of sp³-hybridized carbons (Fsp3) is 0.0690. The minimum absolute atomic E-state index is 0.0311. The van der Waals surface area contributed by atoms with Crippen LogP contribution in [-0.2, 0) is 5.41 Å². The van der Waals surface area contributed by atoms with Crippen LogP contribution in [0.15, 0.2) is 206 Å². The molecule has 0 N–H and O–H groups in total. The standard InChI is InChI=1S/C58H42/c1-3-58(2)54-29-17-16-24-47(54)48-31-30-40(37-55(48)58)56-49-25-12-14-27-51(49)57(52-28-15-13-26-50(52)56)53-33-32-44(45-22-10-11-23-46(45)53)43-35-41(38-18-6-4-7-19-38)34-42(36-43)39-20-8-5-9-21-39/h4-37H,3H2,1-2H3. The van der Waals surface area contributed by atoms with E-state index in [-0.39, 0.29) is 5.41 Å². The summed E-state index contributed by atoms with van der Waals surface area (Å²) in [6.07, 6.45) is 1.05. The van der Waals surface area contributed by atoms with E-state index in [0.29, 0.717) is 0 Å². The highest BCUT2D eigenvalue weighted by Crippen LogP contribution is 2.53. The molecule has 58 heavy (non-hydrogen) atoms. The zero-order chi connectivity index (χ0) is 38.8. The molecule has 11 rings (SSSR count). The quantitative estimate of drug-likeness (QED) is 0.149. The Morgan fingerprint density at radius 3 is 1.31 bits per heavy atom. The third kappa shape index (κ3) is 5.29. The molecule has 0 heterocycles. The zero-order valence-electron chi connectivity index (χ0n) is 32.8. The summed E-state index contributed by atoms with van der Waals surface area (Å²) >= 11 is 0. The molecule has 1 aliphatic rings. The Morgan fingerprint density at radius 1 is 0.293 bits per heavy atom. The van der Waals surface area contributed by atoms with E-state index >= 15 is 0 Å². The van der Waals surface area contributed by atoms with Crippen LogP contribution in [0, 0.1) is 0 Å². The van der Waals surface area contributed by atoms with Crippen LogP contribution in [-0.4, -0.2) is 0 Å². The molecule has 274 valence electrons. The van der Waals surface area contributed by atoms with Gasteiger partial charge < -0.3 is 0 Å². The van der Waals surface area contributed by atoms with Gasteiger partial charge in [-0.3, -0.25) is 0 Å². The lowest BCUT2D eigenvalue weighted by molar-refractivity contribution is 0.565. The van der Waals surface area contributed by atoms with Gasteiger partial charge in [-0.2, -0.15) is 0 Å². The molecule has 1 unspecified atom stereocenters. The Hall–Kier alpha value is -7.02. The van der Waals surface area contributed by atoms with Crippen molar-refractivity contribution in [2.75, 3.05) is 0 Å². The third-order valence-corrected chi connectivity index (χ3v) is 13.0. The Labute approximate surface area is 340 Å². The van der Waals surface area contributed by atoms with Crippen molar-refractivity contribution < 1.29 is 0 Å². The molecule has 0 radical (unpaired) electrons. The molecule has 0 spiro atoms. The van der Waals surface area contributed by atoms with Gasteiger partial charge >= 0.3 is 0 Å². The first-order chi connectivity index (χ1) is 28.6. The van der Waals surface area contributed by atoms with Crippen LogP contribution >= 0.6 is 0 Å². The average Bonchev–Trinajstić information content (AvgIpc) is 3.55. The SMILES string of the molecule is CCC1(C)c2ccccc2-c2ccc(-c3c4ccccc4c(-c4ccc(-c5cc(-c6ccccc6)cc(-c6ccccc6)c5)c5ccccc45)c4ccccc34)cc21. The summed E-state index contributed by atoms with van der Waals surface area (Å²) in [5.41, 5.74) is 18.0. The van der Waals surface area contributed by atoms with Gasteiger partial charge in [0.15, 0.2) is 0 Å². The summed E-state index contributed by atoms with van der Waals surface area (Å²) in [7, 11) is 0. The second-order valence-corrected chi connectivity index (χ2v) is 16.1. The number of hydrogen-bond acceptors (Lipinski definition) is 0. The Morgan fingerprint density at radius 2 is 0.724 bits per heavy atom. The molecule has 0 aliphatic heterocycles. The molecule has 0 amide bonds. The minimum Gasteiger partial charge on any atom is -0.0642 e. The lowest BCUT2D eigenvalue weighted by atomic mass is 9.77. The second kappa shape index (κ2) is 13.6. The highest BCUT2D eigenvalue weighted by molar-refractivity contribution is 6.24. The van der Waals surface area contributed by atoms with Crippen molar-refractivity contribution in [2.24, 2.45) is 0 Å². The van der Waals surface area contributed by atoms with Gasteiger partial charge in [-0.15, -0.1) is 0 Å². The predicted molar refractivity (Wildman–Crippen MR) is 248 cm³/mol. The molecule has 10 aromatic rings. The maximum atomic E-state index is 2.50. The minimum atomic E-state index is -0.0311. The van der Waals surface area contributed by atoms with Crippen LogP contribution in [0.2, 0.25) is 0 Å². The molecule has 1 atom stereocenters. The van der Waals surface area contributed by atoms with Crippen molar-refractivity contribution in [1.82, 2.24) is 0 Å². The first-order valence-electron chi connectivity index (χ1n) is 20.6. The van der Waals surface area contributed by atoms with Crippen molar-refractivity contribution in [3.63, 3.8) is 0 Å². The molecule has 0 heteroatoms. The first kappa shape index (κ1) is 34.2. The normalized spacial score (nSPS) is 14.5. The number of fused-ring (bicyclic) bond motifs is 6. The Balaban J connectivity index is 1.14. The second-order valence-electron chi connectivity index (χ2n) is 16.1. The van der Waals surface area contributed by atoms with E-state index in [1.165, 1.54) is 110 Å². The summed E-state index contributed by atoms with van der Waals surface area (Å²) < 4.78 is 0. The van der Waals surface area contributed by atoms with Crippen LogP contribution < -0.4 is 0 Å². The molecule has 0 saturated heterocycles. The van der Waals surface area contributed by atoms with Crippen molar-refractivity contribution in [1.29, 1.82) is 0 Å². The van der Waals surface area contributed by atoms with Crippen molar-refractivity contribution >= 4 is 32.3 Å². The van der Waals surface area contributed by atoms with Gasteiger partial charge in [0.05, 0.1) is 0 Å². The van der Waals surface area contributed by atoms with Crippen LogP contribution in [0.25, 0.3) is 99.1 Å². The molecule has 0 bridgehead atoms.